The van der Waals surface area contributed by atoms with Crippen LogP contribution in [0.1, 0.15) is 36.7 Å². The Kier molecular flexibility index (Phi) is 3.35. The molecule has 2 fully saturated rings. The van der Waals surface area contributed by atoms with Crippen LogP contribution >= 0.6 is 11.6 Å². The van der Waals surface area contributed by atoms with E-state index in [-0.39, 0.29) is 5.91 Å². The topological polar surface area (TPSA) is 45.2 Å². The second-order valence-electron chi connectivity index (χ2n) is 5.35. The molecule has 1 aliphatic carbocycles. The van der Waals surface area contributed by atoms with Gasteiger partial charge in [-0.1, -0.05) is 11.6 Å². The lowest BCUT2D eigenvalue weighted by Gasteiger charge is -2.27. The molecule has 1 saturated heterocycles. The Bertz CT molecular complexity index is 505. The molecule has 1 N–H and O–H groups in total. The molecule has 3 rings (SSSR count). The minimum atomic E-state index is -0.0167. The number of fused-ring (bicyclic) bond motifs is 2. The number of rotatable bonds is 3. The largest absolute Gasteiger partial charge is 0.370 e. The molecule has 4 nitrogen and oxygen atoms in total. The van der Waals surface area contributed by atoms with Crippen LogP contribution in [0.4, 0.5) is 5.82 Å². The summed E-state index contributed by atoms with van der Waals surface area (Å²) in [5.41, 5.74) is 0.382. The molecule has 2 bridgehead atoms. The molecule has 1 saturated carbocycles. The van der Waals surface area contributed by atoms with Crippen LogP contribution < -0.4 is 5.32 Å². The summed E-state index contributed by atoms with van der Waals surface area (Å²) in [4.78, 5) is 18.9. The summed E-state index contributed by atoms with van der Waals surface area (Å²) in [6.07, 6.45) is 3.53. The van der Waals surface area contributed by atoms with Gasteiger partial charge >= 0.3 is 0 Å². The number of piperidine rings is 1. The number of carbonyl (C=O) groups is 1. The second kappa shape index (κ2) is 5.00. The fourth-order valence-corrected chi connectivity index (χ4v) is 3.37. The highest BCUT2D eigenvalue weighted by Crippen LogP contribution is 2.38. The molecule has 1 aromatic rings. The predicted molar refractivity (Wildman–Crippen MR) is 75.6 cm³/mol. The highest BCUT2D eigenvalue weighted by atomic mass is 35.5. The smallest absolute Gasteiger partial charge is 0.274 e. The maximum absolute atomic E-state index is 12.6. The maximum Gasteiger partial charge on any atom is 0.274 e. The van der Waals surface area contributed by atoms with Crippen molar-refractivity contribution in [3.8, 4) is 0 Å². The number of hydrogen-bond donors (Lipinski definition) is 1. The van der Waals surface area contributed by atoms with Crippen molar-refractivity contribution in [3.63, 3.8) is 0 Å². The van der Waals surface area contributed by atoms with Crippen molar-refractivity contribution in [2.75, 3.05) is 18.4 Å². The maximum atomic E-state index is 12.6. The van der Waals surface area contributed by atoms with Crippen molar-refractivity contribution in [2.45, 2.75) is 32.2 Å². The first-order valence-electron chi connectivity index (χ1n) is 6.90. The molecule has 2 aliphatic rings. The van der Waals surface area contributed by atoms with E-state index in [0.29, 0.717) is 28.5 Å². The molecular formula is C14H18ClN3O. The summed E-state index contributed by atoms with van der Waals surface area (Å²) in [5.74, 6) is 1.38. The Hall–Kier alpha value is -1.29. The van der Waals surface area contributed by atoms with Crippen molar-refractivity contribution < 1.29 is 4.79 Å². The average molecular weight is 280 g/mol. The van der Waals surface area contributed by atoms with Crippen LogP contribution in [0.3, 0.4) is 0 Å². The number of carbonyl (C=O) groups excluding carboxylic acids is 1. The number of amides is 1. The minimum Gasteiger partial charge on any atom is -0.370 e. The van der Waals surface area contributed by atoms with E-state index in [2.05, 4.69) is 10.3 Å². The van der Waals surface area contributed by atoms with Crippen LogP contribution in [0.25, 0.3) is 0 Å². The SMILES string of the molecule is CCNc1ccc(Cl)c(C(=O)N2CC3CCC2C3)n1. The molecule has 2 heterocycles. The molecule has 0 spiro atoms. The third-order valence-corrected chi connectivity index (χ3v) is 4.38. The summed E-state index contributed by atoms with van der Waals surface area (Å²) < 4.78 is 0. The van der Waals surface area contributed by atoms with Gasteiger partial charge in [-0.25, -0.2) is 4.98 Å². The first-order chi connectivity index (χ1) is 9.19. The van der Waals surface area contributed by atoms with E-state index in [1.54, 1.807) is 12.1 Å². The highest BCUT2D eigenvalue weighted by Gasteiger charge is 2.41. The van der Waals surface area contributed by atoms with E-state index < -0.39 is 0 Å². The zero-order chi connectivity index (χ0) is 13.4. The number of halogens is 1. The fraction of sp³-hybridized carbons (Fsp3) is 0.571. The van der Waals surface area contributed by atoms with E-state index in [9.17, 15) is 4.79 Å². The number of hydrogen-bond acceptors (Lipinski definition) is 3. The minimum absolute atomic E-state index is 0.0167. The van der Waals surface area contributed by atoms with Gasteiger partial charge in [0.25, 0.3) is 5.91 Å². The first kappa shape index (κ1) is 12.7. The normalized spacial score (nSPS) is 24.8. The predicted octanol–water partition coefficient (Wildman–Crippen LogP) is 2.79. The fourth-order valence-electron chi connectivity index (χ4n) is 3.18. The van der Waals surface area contributed by atoms with Crippen molar-refractivity contribution in [1.29, 1.82) is 0 Å². The quantitative estimate of drug-likeness (QED) is 0.925. The highest BCUT2D eigenvalue weighted by molar-refractivity contribution is 6.33. The number of nitrogens with zero attached hydrogens (tertiary/aromatic N) is 2. The number of likely N-dealkylation sites (tertiary alicyclic amines) is 1. The summed E-state index contributed by atoms with van der Waals surface area (Å²) in [6, 6.07) is 3.95. The third-order valence-electron chi connectivity index (χ3n) is 4.08. The van der Waals surface area contributed by atoms with E-state index in [0.717, 1.165) is 25.9 Å². The first-order valence-corrected chi connectivity index (χ1v) is 7.28. The molecule has 2 atom stereocenters. The van der Waals surface area contributed by atoms with Crippen LogP contribution in [0.2, 0.25) is 5.02 Å². The summed E-state index contributed by atoms with van der Waals surface area (Å²) in [6.45, 7) is 3.64. The van der Waals surface area contributed by atoms with Gasteiger partial charge in [0.15, 0.2) is 0 Å². The van der Waals surface area contributed by atoms with Crippen molar-refractivity contribution >= 4 is 23.3 Å². The van der Waals surface area contributed by atoms with Gasteiger partial charge in [-0.2, -0.15) is 0 Å². The lowest BCUT2D eigenvalue weighted by molar-refractivity contribution is 0.0698. The van der Waals surface area contributed by atoms with Crippen LogP contribution in [0, 0.1) is 5.92 Å². The van der Waals surface area contributed by atoms with E-state index >= 15 is 0 Å². The summed E-state index contributed by atoms with van der Waals surface area (Å²) >= 11 is 6.13. The van der Waals surface area contributed by atoms with Crippen LogP contribution in [0.15, 0.2) is 12.1 Å². The molecule has 19 heavy (non-hydrogen) atoms. The molecule has 1 aromatic heterocycles. The monoisotopic (exact) mass is 279 g/mol. The Morgan fingerprint density at radius 2 is 2.37 bits per heavy atom. The van der Waals surface area contributed by atoms with Gasteiger partial charge in [-0.15, -0.1) is 0 Å². The average Bonchev–Trinajstić information content (AvgIpc) is 3.03. The van der Waals surface area contributed by atoms with Gasteiger partial charge in [0, 0.05) is 19.1 Å². The van der Waals surface area contributed by atoms with Gasteiger partial charge in [0.1, 0.15) is 11.5 Å². The Morgan fingerprint density at radius 3 is 3.00 bits per heavy atom. The molecule has 5 heteroatoms. The van der Waals surface area contributed by atoms with Gasteiger partial charge in [-0.3, -0.25) is 4.79 Å². The molecular weight excluding hydrogens is 262 g/mol. The third kappa shape index (κ3) is 2.29. The Labute approximate surface area is 118 Å². The van der Waals surface area contributed by atoms with E-state index in [1.807, 2.05) is 11.8 Å². The van der Waals surface area contributed by atoms with Gasteiger partial charge in [0.2, 0.25) is 0 Å². The Balaban J connectivity index is 1.84. The van der Waals surface area contributed by atoms with Crippen molar-refractivity contribution in [1.82, 2.24) is 9.88 Å². The van der Waals surface area contributed by atoms with Crippen LogP contribution in [-0.4, -0.2) is 34.9 Å². The zero-order valence-corrected chi connectivity index (χ0v) is 11.8. The van der Waals surface area contributed by atoms with Gasteiger partial charge in [0.05, 0.1) is 5.02 Å². The molecule has 2 unspecified atom stereocenters. The van der Waals surface area contributed by atoms with E-state index in [4.69, 9.17) is 11.6 Å². The number of nitrogens with one attached hydrogen (secondary N) is 1. The molecule has 1 aliphatic heterocycles. The molecule has 1 amide bonds. The number of anilines is 1. The van der Waals surface area contributed by atoms with Gasteiger partial charge in [-0.05, 0) is 44.2 Å². The van der Waals surface area contributed by atoms with Crippen LogP contribution in [0.5, 0.6) is 0 Å². The Morgan fingerprint density at radius 1 is 1.53 bits per heavy atom. The van der Waals surface area contributed by atoms with Gasteiger partial charge < -0.3 is 10.2 Å². The number of aromatic nitrogens is 1. The zero-order valence-electron chi connectivity index (χ0n) is 11.0. The molecule has 0 radical (unpaired) electrons. The second-order valence-corrected chi connectivity index (χ2v) is 5.75. The molecule has 0 aromatic carbocycles. The summed E-state index contributed by atoms with van der Waals surface area (Å²) in [7, 11) is 0. The lowest BCUT2D eigenvalue weighted by Crippen LogP contribution is -2.38. The van der Waals surface area contributed by atoms with Crippen molar-refractivity contribution in [2.24, 2.45) is 5.92 Å². The molecule has 102 valence electrons. The summed E-state index contributed by atoms with van der Waals surface area (Å²) in [5, 5.41) is 3.55. The van der Waals surface area contributed by atoms with E-state index in [1.165, 1.54) is 6.42 Å². The standard InChI is InChI=1S/C14H18ClN3O/c1-2-16-12-6-5-11(15)13(17-12)14(19)18-8-9-3-4-10(18)7-9/h5-6,9-10H,2-4,7-8H2,1H3,(H,16,17). The van der Waals surface area contributed by atoms with Crippen molar-refractivity contribution in [3.05, 3.63) is 22.8 Å². The van der Waals surface area contributed by atoms with Crippen LogP contribution in [-0.2, 0) is 0 Å². The lowest BCUT2D eigenvalue weighted by atomic mass is 10.1. The number of pyridine rings is 1.